The Bertz CT molecular complexity index is 1340. The second-order valence-corrected chi connectivity index (χ2v) is 18.5. The molecule has 2 saturated heterocycles. The summed E-state index contributed by atoms with van der Waals surface area (Å²) in [5.41, 5.74) is 5.57. The first kappa shape index (κ1) is 39.4. The summed E-state index contributed by atoms with van der Waals surface area (Å²) in [6, 6.07) is -1.67. The minimum Gasteiger partial charge on any atom is -0.479 e. The van der Waals surface area contributed by atoms with Crippen molar-refractivity contribution >= 4 is 39.8 Å². The zero-order valence-electron chi connectivity index (χ0n) is 31.4. The Labute approximate surface area is 317 Å². The van der Waals surface area contributed by atoms with Gasteiger partial charge in [0.2, 0.25) is 11.8 Å². The lowest BCUT2D eigenvalue weighted by molar-refractivity contribution is -0.145. The maximum atomic E-state index is 14.6. The van der Waals surface area contributed by atoms with Gasteiger partial charge in [-0.1, -0.05) is 47.3 Å². The number of aliphatic carboxylic acids is 1. The molecule has 292 valence electrons. The highest BCUT2D eigenvalue weighted by molar-refractivity contribution is 9.09. The van der Waals surface area contributed by atoms with Crippen molar-refractivity contribution < 1.29 is 33.8 Å². The monoisotopic (exact) mass is 792 g/mol. The van der Waals surface area contributed by atoms with E-state index in [1.807, 2.05) is 12.2 Å². The average Bonchev–Trinajstić information content (AvgIpc) is 3.40. The van der Waals surface area contributed by atoms with Crippen molar-refractivity contribution in [2.75, 3.05) is 13.7 Å². The lowest BCUT2D eigenvalue weighted by atomic mass is 9.74. The molecule has 4 unspecified atom stereocenters. The molecule has 0 aromatic carbocycles. The second kappa shape index (κ2) is 16.6. The van der Waals surface area contributed by atoms with E-state index in [0.29, 0.717) is 48.5 Å². The molecule has 14 heteroatoms. The zero-order valence-corrected chi connectivity index (χ0v) is 33.0. The maximum absolute atomic E-state index is 14.6. The Kier molecular flexibility index (Phi) is 12.6. The van der Waals surface area contributed by atoms with Gasteiger partial charge in [-0.2, -0.15) is 5.12 Å². The summed E-state index contributed by atoms with van der Waals surface area (Å²) in [5, 5.41) is 18.1. The normalized spacial score (nSPS) is 40.1. The number of hydrogen-bond donors (Lipinski definition) is 5. The number of carboxylic acid groups (broad SMARTS) is 1. The number of fused-ring (bicyclic) bond motifs is 2. The van der Waals surface area contributed by atoms with Gasteiger partial charge >= 0.3 is 12.1 Å². The Balaban J connectivity index is 1.26. The van der Waals surface area contributed by atoms with E-state index < -0.39 is 41.2 Å². The van der Waals surface area contributed by atoms with E-state index in [4.69, 9.17) is 9.47 Å². The van der Waals surface area contributed by atoms with E-state index in [1.165, 1.54) is 12.8 Å². The lowest BCUT2D eigenvalue weighted by Crippen LogP contribution is -2.56. The Morgan fingerprint density at radius 3 is 2.37 bits per heavy atom. The van der Waals surface area contributed by atoms with E-state index in [0.717, 1.165) is 57.8 Å². The molecule has 0 radical (unpaired) electrons. The van der Waals surface area contributed by atoms with Crippen molar-refractivity contribution in [1.82, 2.24) is 31.5 Å². The molecule has 5 N–H and O–H groups in total. The van der Waals surface area contributed by atoms with Crippen molar-refractivity contribution in [3.05, 3.63) is 12.2 Å². The van der Waals surface area contributed by atoms with Gasteiger partial charge in [0.25, 0.3) is 0 Å². The van der Waals surface area contributed by atoms with Crippen LogP contribution in [0.25, 0.3) is 0 Å². The van der Waals surface area contributed by atoms with Crippen LogP contribution in [-0.2, 0) is 23.9 Å². The molecule has 3 aliphatic carbocycles. The van der Waals surface area contributed by atoms with Crippen LogP contribution in [0.1, 0.15) is 117 Å². The largest absolute Gasteiger partial charge is 0.479 e. The predicted octanol–water partition coefficient (Wildman–Crippen LogP) is 4.55. The van der Waals surface area contributed by atoms with Gasteiger partial charge in [-0.05, 0) is 110 Å². The van der Waals surface area contributed by atoms with Crippen LogP contribution >= 0.6 is 15.9 Å². The fourth-order valence-corrected chi connectivity index (χ4v) is 10.2. The van der Waals surface area contributed by atoms with E-state index in [2.05, 4.69) is 42.5 Å². The van der Waals surface area contributed by atoms with Crippen LogP contribution in [0.4, 0.5) is 4.79 Å². The maximum Gasteiger partial charge on any atom is 0.408 e. The molecule has 0 aromatic heterocycles. The molecule has 13 nitrogen and oxygen atoms in total. The van der Waals surface area contributed by atoms with Gasteiger partial charge in [0.05, 0.1) is 12.1 Å². The summed E-state index contributed by atoms with van der Waals surface area (Å²) in [6.45, 7) is 5.57. The number of hydrogen-bond acceptors (Lipinski definition) is 9. The third-order valence-electron chi connectivity index (χ3n) is 12.4. The van der Waals surface area contributed by atoms with Gasteiger partial charge in [0, 0.05) is 36.5 Å². The van der Waals surface area contributed by atoms with Gasteiger partial charge in [-0.15, -0.1) is 0 Å². The molecule has 3 saturated carbocycles. The van der Waals surface area contributed by atoms with Crippen LogP contribution in [0.2, 0.25) is 0 Å². The zero-order chi connectivity index (χ0) is 37.2. The van der Waals surface area contributed by atoms with Crippen LogP contribution in [0.5, 0.6) is 0 Å². The lowest BCUT2D eigenvalue weighted by Gasteiger charge is -2.38. The molecule has 3 aliphatic heterocycles. The van der Waals surface area contributed by atoms with Crippen LogP contribution in [-0.4, -0.2) is 105 Å². The second-order valence-electron chi connectivity index (χ2n) is 17.2. The molecule has 0 aromatic rings. The number of alkyl halides is 1. The Morgan fingerprint density at radius 1 is 0.962 bits per heavy atom. The van der Waals surface area contributed by atoms with Crippen molar-refractivity contribution in [3.63, 3.8) is 0 Å². The van der Waals surface area contributed by atoms with Gasteiger partial charge < -0.3 is 30.1 Å². The SMILES string of the molecule is COC1CCC(C2NN([C@H]3C[C@H]4C(=O)N[C@]5(C(=O)O)C[C@H]5/C=C\CCCCC[C@H](NC(=O)OC(C)(C)C)C(=O)N4C3)NC2C2CCCC(Br)C2)CC1. The van der Waals surface area contributed by atoms with Crippen LogP contribution < -0.4 is 21.5 Å². The highest BCUT2D eigenvalue weighted by Gasteiger charge is 2.61. The minimum atomic E-state index is -1.39. The standard InChI is InChI=1S/C38H61BrN6O7/c1-37(2,3)52-36(50)40-29-14-9-7-5-6-8-12-25-21-38(25,35(48)49)41-33(46)30-20-27(22-44(30)34(29)47)45-42-31(23-15-17-28(51-4)18-16-23)32(43-45)24-11-10-13-26(39)19-24/h8,12,23-32,42-43H,5-7,9-11,13-22H2,1-4H3,(H,40,50)(H,41,46)(H,48,49)/b12-8-/t23?,24?,25-,26?,27+,28?,29+,30+,31?,32?,38-/m1/s1. The summed E-state index contributed by atoms with van der Waals surface area (Å²) < 4.78 is 11.3. The topological polar surface area (TPSA) is 162 Å². The fraction of sp³-hybridized carbons (Fsp3) is 0.842. The smallest absolute Gasteiger partial charge is 0.408 e. The van der Waals surface area contributed by atoms with E-state index in [9.17, 15) is 24.3 Å². The number of nitrogens with zero attached hydrogens (tertiary/aromatic N) is 2. The molecule has 6 rings (SSSR count). The molecular formula is C38H61BrN6O7. The number of halogens is 1. The van der Waals surface area contributed by atoms with Gasteiger partial charge in [-0.3, -0.25) is 9.59 Å². The van der Waals surface area contributed by atoms with Crippen LogP contribution in [0, 0.1) is 17.8 Å². The number of carbonyl (C=O) groups excluding carboxylic acids is 3. The number of amides is 3. The molecule has 3 heterocycles. The number of carbonyl (C=O) groups is 4. The third kappa shape index (κ3) is 9.15. The Hall–Kier alpha value is -2.26. The Morgan fingerprint density at radius 2 is 1.69 bits per heavy atom. The van der Waals surface area contributed by atoms with Crippen molar-refractivity contribution in [2.24, 2.45) is 17.8 Å². The first-order chi connectivity index (χ1) is 24.8. The molecule has 0 bridgehead atoms. The molecule has 52 heavy (non-hydrogen) atoms. The number of alkyl carbamates (subject to hydrolysis) is 1. The highest BCUT2D eigenvalue weighted by atomic mass is 79.9. The summed E-state index contributed by atoms with van der Waals surface area (Å²) >= 11 is 3.91. The number of rotatable bonds is 6. The summed E-state index contributed by atoms with van der Waals surface area (Å²) in [7, 11) is 1.80. The molecule has 0 spiro atoms. The van der Waals surface area contributed by atoms with Gasteiger partial charge in [0.1, 0.15) is 23.2 Å². The fourth-order valence-electron chi connectivity index (χ4n) is 9.42. The number of nitrogens with one attached hydrogen (secondary N) is 4. The minimum absolute atomic E-state index is 0.194. The van der Waals surface area contributed by atoms with Crippen molar-refractivity contribution in [2.45, 2.75) is 169 Å². The molecule has 6 aliphatic rings. The van der Waals surface area contributed by atoms with Crippen molar-refractivity contribution in [1.29, 1.82) is 0 Å². The van der Waals surface area contributed by atoms with E-state index >= 15 is 0 Å². The number of allylic oxidation sites excluding steroid dienone is 1. The predicted molar refractivity (Wildman–Crippen MR) is 199 cm³/mol. The van der Waals surface area contributed by atoms with Crippen LogP contribution in [0.15, 0.2) is 12.2 Å². The highest BCUT2D eigenvalue weighted by Crippen LogP contribution is 2.46. The molecule has 3 amide bonds. The summed E-state index contributed by atoms with van der Waals surface area (Å²) in [6.07, 6.45) is 16.5. The number of hydrazine groups is 2. The molecule has 5 fully saturated rings. The quantitative estimate of drug-likeness (QED) is 0.191. The number of carboxylic acids is 1. The van der Waals surface area contributed by atoms with Crippen LogP contribution in [0.3, 0.4) is 0 Å². The first-order valence-electron chi connectivity index (χ1n) is 19.8. The van der Waals surface area contributed by atoms with Gasteiger partial charge in [0.15, 0.2) is 0 Å². The molecular weight excluding hydrogens is 732 g/mol. The molecule has 9 atom stereocenters. The number of ether oxygens (including phenoxy) is 2. The third-order valence-corrected chi connectivity index (χ3v) is 13.2. The average molecular weight is 794 g/mol. The first-order valence-corrected chi connectivity index (χ1v) is 20.7. The van der Waals surface area contributed by atoms with E-state index in [1.54, 1.807) is 32.8 Å². The van der Waals surface area contributed by atoms with Crippen molar-refractivity contribution in [3.8, 4) is 0 Å². The summed E-state index contributed by atoms with van der Waals surface area (Å²) in [4.78, 5) is 56.5. The van der Waals surface area contributed by atoms with E-state index in [-0.39, 0.29) is 36.5 Å². The summed E-state index contributed by atoms with van der Waals surface area (Å²) in [5.74, 6) is -1.26. The number of methoxy groups -OCH3 is 1. The van der Waals surface area contributed by atoms with Gasteiger partial charge in [-0.25, -0.2) is 20.4 Å².